The lowest BCUT2D eigenvalue weighted by Gasteiger charge is -2.38. The number of nitrogens with zero attached hydrogens (tertiary/aromatic N) is 3. The van der Waals surface area contributed by atoms with Crippen LogP contribution in [0, 0.1) is 0 Å². The van der Waals surface area contributed by atoms with Gasteiger partial charge in [-0.1, -0.05) is 0 Å². The smallest absolute Gasteiger partial charge is 0.209 e. The predicted octanol–water partition coefficient (Wildman–Crippen LogP) is 0.153. The molecule has 0 saturated carbocycles. The number of hydrogen-bond donors (Lipinski definition) is 1. The van der Waals surface area contributed by atoms with Crippen LogP contribution in [0.25, 0.3) is 11.2 Å². The highest BCUT2D eigenvalue weighted by molar-refractivity contribution is 5.71. The van der Waals surface area contributed by atoms with Crippen LogP contribution in [-0.2, 0) is 4.74 Å². The van der Waals surface area contributed by atoms with Gasteiger partial charge in [0.2, 0.25) is 5.43 Å². The molecule has 0 spiro atoms. The average Bonchev–Trinajstić information content (AvgIpc) is 2.29. The maximum absolute atomic E-state index is 11.6. The Kier molecular flexibility index (Phi) is 2.29. The van der Waals surface area contributed by atoms with E-state index in [1.54, 1.807) is 19.5 Å². The highest BCUT2D eigenvalue weighted by Gasteiger charge is 2.27. The van der Waals surface area contributed by atoms with Crippen molar-refractivity contribution in [1.29, 1.82) is 0 Å². The Hall–Kier alpha value is -1.95. The molecule has 0 atom stereocenters. The van der Waals surface area contributed by atoms with Crippen molar-refractivity contribution in [3.05, 3.63) is 28.7 Å². The molecule has 1 aliphatic heterocycles. The maximum Gasteiger partial charge on any atom is 0.209 e. The van der Waals surface area contributed by atoms with E-state index in [1.165, 1.54) is 6.07 Å². The summed E-state index contributed by atoms with van der Waals surface area (Å²) in [5.74, 6) is 0.725. The zero-order valence-corrected chi connectivity index (χ0v) is 9.38. The third-order valence-electron chi connectivity index (χ3n) is 2.95. The highest BCUT2D eigenvalue weighted by Crippen LogP contribution is 2.19. The van der Waals surface area contributed by atoms with E-state index in [1.807, 2.05) is 4.90 Å². The van der Waals surface area contributed by atoms with Gasteiger partial charge in [0, 0.05) is 32.5 Å². The molecule has 88 valence electrons. The molecule has 1 fully saturated rings. The highest BCUT2D eigenvalue weighted by atomic mass is 16.5. The molecule has 0 aromatic carbocycles. The Morgan fingerprint density at radius 2 is 2.35 bits per heavy atom. The van der Waals surface area contributed by atoms with Gasteiger partial charge in [-0.15, -0.1) is 0 Å². The van der Waals surface area contributed by atoms with Gasteiger partial charge in [-0.2, -0.15) is 0 Å². The number of H-pyrrole nitrogens is 1. The van der Waals surface area contributed by atoms with Crippen molar-refractivity contribution in [3.63, 3.8) is 0 Å². The van der Waals surface area contributed by atoms with Crippen molar-refractivity contribution in [2.24, 2.45) is 0 Å². The molecular formula is C11H12N4O2. The fraction of sp³-hybridized carbons (Fsp3) is 0.364. The summed E-state index contributed by atoms with van der Waals surface area (Å²) in [7, 11) is 1.69. The Bertz CT molecular complexity index is 604. The quantitative estimate of drug-likeness (QED) is 0.798. The molecule has 17 heavy (non-hydrogen) atoms. The number of nitrogens with one attached hydrogen (secondary N) is 1. The molecule has 0 amide bonds. The lowest BCUT2D eigenvalue weighted by molar-refractivity contribution is 0.0783. The first-order valence-corrected chi connectivity index (χ1v) is 5.40. The van der Waals surface area contributed by atoms with Crippen LogP contribution in [0.4, 0.5) is 5.82 Å². The first kappa shape index (κ1) is 10.2. The number of anilines is 1. The van der Waals surface area contributed by atoms with Gasteiger partial charge in [-0.05, 0) is 0 Å². The minimum absolute atomic E-state index is 0.114. The standard InChI is InChI=1S/C11H12N4O2/c1-17-7-5-15(6-7)9-4-13-11-10(14-9)8(16)2-3-12-11/h2-4,7H,5-6H2,1H3,(H,12,13,16). The van der Waals surface area contributed by atoms with E-state index in [9.17, 15) is 4.79 Å². The lowest BCUT2D eigenvalue weighted by atomic mass is 10.2. The second kappa shape index (κ2) is 3.81. The molecule has 6 nitrogen and oxygen atoms in total. The number of methoxy groups -OCH3 is 1. The number of aromatic amines is 1. The molecule has 0 bridgehead atoms. The first-order chi connectivity index (χ1) is 8.28. The monoisotopic (exact) mass is 232 g/mol. The summed E-state index contributed by atoms with van der Waals surface area (Å²) in [4.78, 5) is 25.1. The van der Waals surface area contributed by atoms with Gasteiger partial charge in [0.1, 0.15) is 5.82 Å². The number of ether oxygens (including phenoxy) is 1. The third-order valence-corrected chi connectivity index (χ3v) is 2.95. The van der Waals surface area contributed by atoms with Gasteiger partial charge < -0.3 is 14.6 Å². The number of aromatic nitrogens is 3. The minimum Gasteiger partial charge on any atom is -0.378 e. The largest absolute Gasteiger partial charge is 0.378 e. The Morgan fingerprint density at radius 3 is 3.12 bits per heavy atom. The molecule has 6 heteroatoms. The van der Waals surface area contributed by atoms with E-state index in [4.69, 9.17) is 4.74 Å². The molecule has 0 aliphatic carbocycles. The van der Waals surface area contributed by atoms with Crippen LogP contribution in [0.15, 0.2) is 23.3 Å². The van der Waals surface area contributed by atoms with Gasteiger partial charge in [0.15, 0.2) is 11.2 Å². The van der Waals surface area contributed by atoms with E-state index in [0.717, 1.165) is 18.9 Å². The van der Waals surface area contributed by atoms with Crippen molar-refractivity contribution in [3.8, 4) is 0 Å². The summed E-state index contributed by atoms with van der Waals surface area (Å²) in [6, 6.07) is 1.45. The molecular weight excluding hydrogens is 220 g/mol. The number of fused-ring (bicyclic) bond motifs is 1. The zero-order valence-electron chi connectivity index (χ0n) is 9.38. The van der Waals surface area contributed by atoms with Crippen molar-refractivity contribution in [2.75, 3.05) is 25.1 Å². The SMILES string of the molecule is COC1CN(c2cnc3[nH]ccc(=O)c3n2)C1. The molecule has 2 aromatic rings. The summed E-state index contributed by atoms with van der Waals surface area (Å²) < 4.78 is 5.19. The van der Waals surface area contributed by atoms with E-state index >= 15 is 0 Å². The van der Waals surface area contributed by atoms with Gasteiger partial charge in [-0.25, -0.2) is 9.97 Å². The minimum atomic E-state index is -0.114. The lowest BCUT2D eigenvalue weighted by Crippen LogP contribution is -2.52. The topological polar surface area (TPSA) is 71.1 Å². The van der Waals surface area contributed by atoms with Crippen LogP contribution in [0.1, 0.15) is 0 Å². The molecule has 3 heterocycles. The molecule has 0 unspecified atom stereocenters. The zero-order chi connectivity index (χ0) is 11.8. The van der Waals surface area contributed by atoms with Crippen LogP contribution >= 0.6 is 0 Å². The summed E-state index contributed by atoms with van der Waals surface area (Å²) in [6.45, 7) is 1.59. The normalized spacial score (nSPS) is 16.2. The van der Waals surface area contributed by atoms with Crippen molar-refractivity contribution in [1.82, 2.24) is 15.0 Å². The summed E-state index contributed by atoms with van der Waals surface area (Å²) in [6.07, 6.45) is 3.50. The summed E-state index contributed by atoms with van der Waals surface area (Å²) in [5, 5.41) is 0. The fourth-order valence-corrected chi connectivity index (χ4v) is 1.86. The summed E-state index contributed by atoms with van der Waals surface area (Å²) in [5.41, 5.74) is 0.785. The van der Waals surface area contributed by atoms with Crippen LogP contribution in [0.3, 0.4) is 0 Å². The second-order valence-corrected chi connectivity index (χ2v) is 4.03. The predicted molar refractivity (Wildman–Crippen MR) is 63.2 cm³/mol. The fourth-order valence-electron chi connectivity index (χ4n) is 1.86. The van der Waals surface area contributed by atoms with E-state index < -0.39 is 0 Å². The van der Waals surface area contributed by atoms with Gasteiger partial charge in [-0.3, -0.25) is 4.79 Å². The first-order valence-electron chi connectivity index (χ1n) is 5.40. The van der Waals surface area contributed by atoms with E-state index in [0.29, 0.717) is 11.2 Å². The van der Waals surface area contributed by atoms with Crippen LogP contribution in [0.2, 0.25) is 0 Å². The molecule has 3 rings (SSSR count). The van der Waals surface area contributed by atoms with Crippen LogP contribution in [-0.4, -0.2) is 41.3 Å². The third kappa shape index (κ3) is 1.66. The molecule has 0 radical (unpaired) electrons. The number of rotatable bonds is 2. The molecule has 2 aromatic heterocycles. The van der Waals surface area contributed by atoms with Crippen LogP contribution < -0.4 is 10.3 Å². The van der Waals surface area contributed by atoms with Crippen molar-refractivity contribution in [2.45, 2.75) is 6.10 Å². The molecule has 1 saturated heterocycles. The number of hydrogen-bond acceptors (Lipinski definition) is 5. The van der Waals surface area contributed by atoms with Gasteiger partial charge in [0.25, 0.3) is 0 Å². The van der Waals surface area contributed by atoms with Crippen molar-refractivity contribution >= 4 is 17.0 Å². The van der Waals surface area contributed by atoms with Crippen molar-refractivity contribution < 1.29 is 4.74 Å². The Balaban J connectivity index is 1.97. The molecule has 1 N–H and O–H groups in total. The van der Waals surface area contributed by atoms with Gasteiger partial charge in [0.05, 0.1) is 12.3 Å². The summed E-state index contributed by atoms with van der Waals surface area (Å²) >= 11 is 0. The maximum atomic E-state index is 11.6. The molecule has 1 aliphatic rings. The second-order valence-electron chi connectivity index (χ2n) is 4.03. The average molecular weight is 232 g/mol. The Labute approximate surface area is 97.3 Å². The van der Waals surface area contributed by atoms with Gasteiger partial charge >= 0.3 is 0 Å². The van der Waals surface area contributed by atoms with Crippen LogP contribution in [0.5, 0.6) is 0 Å². The van der Waals surface area contributed by atoms with E-state index in [2.05, 4.69) is 15.0 Å². The van der Waals surface area contributed by atoms with E-state index in [-0.39, 0.29) is 11.5 Å². The Morgan fingerprint density at radius 1 is 1.53 bits per heavy atom. The number of pyridine rings is 1.